The molecule has 0 spiro atoms. The Balaban J connectivity index is 1.93. The van der Waals surface area contributed by atoms with Crippen molar-refractivity contribution in [3.05, 3.63) is 34.2 Å². The first kappa shape index (κ1) is 21.3. The van der Waals surface area contributed by atoms with Crippen molar-refractivity contribution in [3.8, 4) is 5.75 Å². The largest absolute Gasteiger partial charge is 0.462 e. The molecule has 1 aliphatic heterocycles. The number of amides is 1. The van der Waals surface area contributed by atoms with E-state index in [1.807, 2.05) is 0 Å². The molecular weight excluding hydrogens is 382 g/mol. The molecule has 3 N–H and O–H groups in total. The highest BCUT2D eigenvalue weighted by molar-refractivity contribution is 5.91. The summed E-state index contributed by atoms with van der Waals surface area (Å²) >= 11 is 0. The predicted molar refractivity (Wildman–Crippen MR) is 104 cm³/mol. The lowest BCUT2D eigenvalue weighted by Gasteiger charge is -2.46. The molecule has 1 fully saturated rings. The molecule has 9 nitrogen and oxygen atoms in total. The highest BCUT2D eigenvalue weighted by Crippen LogP contribution is 2.34. The van der Waals surface area contributed by atoms with Gasteiger partial charge >= 0.3 is 5.63 Å². The molecule has 2 heterocycles. The van der Waals surface area contributed by atoms with E-state index >= 15 is 0 Å². The molecular formula is C20H25NO8. The fourth-order valence-electron chi connectivity index (χ4n) is 3.50. The van der Waals surface area contributed by atoms with Gasteiger partial charge in [-0.2, -0.15) is 0 Å². The molecule has 158 valence electrons. The summed E-state index contributed by atoms with van der Waals surface area (Å²) in [5, 5.41) is 23.8. The Morgan fingerprint density at radius 1 is 1.21 bits per heavy atom. The van der Waals surface area contributed by atoms with Crippen molar-refractivity contribution in [1.82, 2.24) is 0 Å². The number of aliphatic hydroxyl groups is 2. The maximum Gasteiger partial charge on any atom is 0.360 e. The van der Waals surface area contributed by atoms with Crippen LogP contribution >= 0.6 is 0 Å². The number of benzene rings is 1. The molecule has 0 radical (unpaired) electrons. The molecule has 4 atom stereocenters. The number of anilines is 1. The number of carbonyl (C=O) groups excluding carboxylic acids is 1. The van der Waals surface area contributed by atoms with Gasteiger partial charge in [0, 0.05) is 25.5 Å². The van der Waals surface area contributed by atoms with Crippen LogP contribution in [-0.2, 0) is 14.3 Å². The number of fused-ring (bicyclic) bond motifs is 1. The highest BCUT2D eigenvalue weighted by atomic mass is 16.7. The van der Waals surface area contributed by atoms with Crippen LogP contribution in [0.15, 0.2) is 27.4 Å². The van der Waals surface area contributed by atoms with E-state index < -0.39 is 35.8 Å². The van der Waals surface area contributed by atoms with Crippen molar-refractivity contribution in [1.29, 1.82) is 0 Å². The monoisotopic (exact) mass is 407 g/mol. The second-order valence-electron chi connectivity index (χ2n) is 7.63. The van der Waals surface area contributed by atoms with Crippen molar-refractivity contribution in [3.63, 3.8) is 0 Å². The van der Waals surface area contributed by atoms with Crippen LogP contribution in [0.5, 0.6) is 5.75 Å². The number of methoxy groups -OCH3 is 1. The van der Waals surface area contributed by atoms with Gasteiger partial charge in [0.25, 0.3) is 0 Å². The van der Waals surface area contributed by atoms with Crippen LogP contribution in [0.1, 0.15) is 26.3 Å². The zero-order valence-corrected chi connectivity index (χ0v) is 16.9. The van der Waals surface area contributed by atoms with Gasteiger partial charge in [-0.1, -0.05) is 0 Å². The standard InChI is InChI=1S/C20H25NO8/c1-9-6-11-7-12(21-10(2)22)18(25)27-14(11)8-13(9)28-19-16(24)15(23)17(26-5)20(3,4)29-19/h6-8,15-17,19,23-24H,1-5H3,(H,21,22)/t15-,16+,17-,19?/m1/s1. The molecule has 0 bridgehead atoms. The second-order valence-corrected chi connectivity index (χ2v) is 7.63. The Hall–Kier alpha value is -2.46. The molecule has 0 aliphatic carbocycles. The smallest absolute Gasteiger partial charge is 0.360 e. The van der Waals surface area contributed by atoms with Crippen molar-refractivity contribution in [2.24, 2.45) is 0 Å². The van der Waals surface area contributed by atoms with Crippen LogP contribution < -0.4 is 15.7 Å². The van der Waals surface area contributed by atoms with Crippen molar-refractivity contribution >= 4 is 22.6 Å². The maximum absolute atomic E-state index is 12.1. The molecule has 1 aromatic carbocycles. The van der Waals surface area contributed by atoms with Gasteiger partial charge in [-0.25, -0.2) is 4.79 Å². The molecule has 1 saturated heterocycles. The van der Waals surface area contributed by atoms with Crippen molar-refractivity contribution in [2.45, 2.75) is 57.9 Å². The summed E-state index contributed by atoms with van der Waals surface area (Å²) in [6.07, 6.45) is -4.46. The van der Waals surface area contributed by atoms with E-state index in [1.54, 1.807) is 26.8 Å². The second kappa shape index (κ2) is 7.75. The molecule has 1 aliphatic rings. The van der Waals surface area contributed by atoms with Crippen LogP contribution in [0, 0.1) is 6.92 Å². The molecule has 9 heteroatoms. The molecule has 1 aromatic heterocycles. The average molecular weight is 407 g/mol. The Morgan fingerprint density at radius 2 is 1.90 bits per heavy atom. The number of ether oxygens (including phenoxy) is 3. The average Bonchev–Trinajstić information content (AvgIpc) is 2.61. The van der Waals surface area contributed by atoms with Gasteiger partial charge in [-0.15, -0.1) is 0 Å². The Morgan fingerprint density at radius 3 is 2.52 bits per heavy atom. The molecule has 1 amide bonds. The van der Waals surface area contributed by atoms with Gasteiger partial charge in [-0.05, 0) is 38.5 Å². The minimum absolute atomic E-state index is 0.0413. The summed E-state index contributed by atoms with van der Waals surface area (Å²) < 4.78 is 22.2. The fraction of sp³-hybridized carbons (Fsp3) is 0.500. The first-order valence-electron chi connectivity index (χ1n) is 9.13. The zero-order chi connectivity index (χ0) is 21.5. The predicted octanol–water partition coefficient (Wildman–Crippen LogP) is 1.31. The van der Waals surface area contributed by atoms with Crippen LogP contribution in [0.25, 0.3) is 11.0 Å². The summed E-state index contributed by atoms with van der Waals surface area (Å²) in [4.78, 5) is 23.3. The maximum atomic E-state index is 12.1. The number of rotatable bonds is 4. The van der Waals surface area contributed by atoms with E-state index in [1.165, 1.54) is 26.2 Å². The van der Waals surface area contributed by atoms with E-state index in [2.05, 4.69) is 5.32 Å². The number of hydrogen-bond donors (Lipinski definition) is 3. The van der Waals surface area contributed by atoms with E-state index in [-0.39, 0.29) is 17.2 Å². The summed E-state index contributed by atoms with van der Waals surface area (Å²) in [5.74, 6) is -0.0665. The number of nitrogens with one attached hydrogen (secondary N) is 1. The summed E-state index contributed by atoms with van der Waals surface area (Å²) in [5.41, 5.74) is -0.653. The van der Waals surface area contributed by atoms with E-state index in [0.717, 1.165) is 0 Å². The third-order valence-corrected chi connectivity index (χ3v) is 4.88. The molecule has 0 saturated carbocycles. The van der Waals surface area contributed by atoms with Gasteiger partial charge in [0.05, 0.1) is 5.60 Å². The Bertz CT molecular complexity index is 982. The summed E-state index contributed by atoms with van der Waals surface area (Å²) in [6.45, 7) is 6.52. The van der Waals surface area contributed by atoms with Gasteiger partial charge in [0.15, 0.2) is 0 Å². The van der Waals surface area contributed by atoms with Gasteiger partial charge in [0.2, 0.25) is 12.2 Å². The third-order valence-electron chi connectivity index (χ3n) is 4.88. The Labute approximate surface area is 167 Å². The summed E-state index contributed by atoms with van der Waals surface area (Å²) in [7, 11) is 1.43. The van der Waals surface area contributed by atoms with Gasteiger partial charge in [-0.3, -0.25) is 4.79 Å². The summed E-state index contributed by atoms with van der Waals surface area (Å²) in [6, 6.07) is 4.73. The number of aliphatic hydroxyl groups excluding tert-OH is 2. The lowest BCUT2D eigenvalue weighted by atomic mass is 9.89. The molecule has 1 unspecified atom stereocenters. The van der Waals surface area contributed by atoms with Crippen LogP contribution in [-0.4, -0.2) is 53.4 Å². The first-order chi connectivity index (χ1) is 13.5. The van der Waals surface area contributed by atoms with E-state index in [9.17, 15) is 19.8 Å². The van der Waals surface area contributed by atoms with Crippen LogP contribution in [0.2, 0.25) is 0 Å². The van der Waals surface area contributed by atoms with E-state index in [0.29, 0.717) is 16.7 Å². The third kappa shape index (κ3) is 4.13. The Kier molecular flexibility index (Phi) is 5.68. The van der Waals surface area contributed by atoms with Crippen LogP contribution in [0.4, 0.5) is 5.69 Å². The van der Waals surface area contributed by atoms with Crippen molar-refractivity contribution in [2.75, 3.05) is 12.4 Å². The number of carbonyl (C=O) groups is 1. The number of hydrogen-bond acceptors (Lipinski definition) is 8. The van der Waals surface area contributed by atoms with Crippen molar-refractivity contribution < 1.29 is 33.6 Å². The molecule has 29 heavy (non-hydrogen) atoms. The molecule has 2 aromatic rings. The quantitative estimate of drug-likeness (QED) is 0.648. The molecule has 3 rings (SSSR count). The first-order valence-corrected chi connectivity index (χ1v) is 9.13. The minimum Gasteiger partial charge on any atom is -0.462 e. The SMILES string of the molecule is CO[C@@H]1[C@H](O)[C@H](O)C(Oc2cc3oc(=O)c(NC(C)=O)cc3cc2C)OC1(C)C. The minimum atomic E-state index is -1.35. The lowest BCUT2D eigenvalue weighted by Crippen LogP contribution is -2.63. The normalized spacial score (nSPS) is 26.3. The lowest BCUT2D eigenvalue weighted by molar-refractivity contribution is -0.306. The van der Waals surface area contributed by atoms with Gasteiger partial charge < -0.3 is 34.2 Å². The fourth-order valence-corrected chi connectivity index (χ4v) is 3.50. The zero-order valence-electron chi connectivity index (χ0n) is 16.9. The van der Waals surface area contributed by atoms with Crippen LogP contribution in [0.3, 0.4) is 0 Å². The highest BCUT2D eigenvalue weighted by Gasteiger charge is 2.50. The van der Waals surface area contributed by atoms with E-state index in [4.69, 9.17) is 18.6 Å². The topological polar surface area (TPSA) is 127 Å². The van der Waals surface area contributed by atoms with Gasteiger partial charge in [0.1, 0.15) is 35.3 Å². The number of aryl methyl sites for hydroxylation is 1.